The van der Waals surface area contributed by atoms with Gasteiger partial charge >= 0.3 is 5.97 Å². The summed E-state index contributed by atoms with van der Waals surface area (Å²) in [5.41, 5.74) is 4.72. The van der Waals surface area contributed by atoms with Gasteiger partial charge in [0.05, 0.1) is 6.61 Å². The predicted octanol–water partition coefficient (Wildman–Crippen LogP) is 0.298. The third-order valence-electron chi connectivity index (χ3n) is 0.812. The van der Waals surface area contributed by atoms with Gasteiger partial charge in [-0.25, -0.2) is 4.79 Å². The molecule has 0 amide bonds. The van der Waals surface area contributed by atoms with E-state index in [1.165, 1.54) is 0 Å². The molecule has 0 rings (SSSR count). The zero-order valence-electron chi connectivity index (χ0n) is 5.83. The molecule has 0 saturated heterocycles. The number of esters is 1. The summed E-state index contributed by atoms with van der Waals surface area (Å²) in [7, 11) is 0. The van der Waals surface area contributed by atoms with Gasteiger partial charge in [0.2, 0.25) is 0 Å². The Bertz CT molecular complexity index is 142. The van der Waals surface area contributed by atoms with E-state index in [4.69, 9.17) is 10.8 Å². The second-order valence-corrected chi connectivity index (χ2v) is 1.72. The van der Waals surface area contributed by atoms with E-state index < -0.39 is 5.97 Å². The molecule has 0 bridgehead atoms. The van der Waals surface area contributed by atoms with Crippen molar-refractivity contribution in [2.45, 2.75) is 13.3 Å². The average Bonchev–Trinajstić information content (AvgIpc) is 1.98. The minimum Gasteiger partial charge on any atom is -0.513 e. The molecule has 0 radical (unpaired) electrons. The van der Waals surface area contributed by atoms with Gasteiger partial charge in [0, 0.05) is 0 Å². The zero-order chi connectivity index (χ0) is 7.98. The van der Waals surface area contributed by atoms with Crippen LogP contribution in [0.1, 0.15) is 13.3 Å². The average molecular weight is 145 g/mol. The van der Waals surface area contributed by atoms with Crippen LogP contribution >= 0.6 is 0 Å². The summed E-state index contributed by atoms with van der Waals surface area (Å²) >= 11 is 0. The third kappa shape index (κ3) is 2.96. The number of ether oxygens (including phenoxy) is 1. The van der Waals surface area contributed by atoms with E-state index in [2.05, 4.69) is 4.74 Å². The van der Waals surface area contributed by atoms with Crippen LogP contribution in [0, 0.1) is 0 Å². The first-order chi connectivity index (χ1) is 4.72. The van der Waals surface area contributed by atoms with Crippen LogP contribution in [0.4, 0.5) is 0 Å². The third-order valence-corrected chi connectivity index (χ3v) is 0.812. The Kier molecular flexibility index (Phi) is 4.11. The standard InChI is InChI=1S/C6H11NO3/c1-2-3-10-6(9)5(7)4-8/h4,8H,2-3,7H2,1H3/b5-4-. The van der Waals surface area contributed by atoms with Gasteiger partial charge < -0.3 is 15.6 Å². The molecule has 58 valence electrons. The number of nitrogens with two attached hydrogens (primary N) is 1. The van der Waals surface area contributed by atoms with Crippen LogP contribution in [0.5, 0.6) is 0 Å². The maximum Gasteiger partial charge on any atom is 0.357 e. The number of aliphatic hydroxyl groups excluding tert-OH is 1. The summed E-state index contributed by atoms with van der Waals surface area (Å²) in [6.45, 7) is 2.19. The topological polar surface area (TPSA) is 72.5 Å². The molecule has 0 unspecified atom stereocenters. The number of hydrogen-bond donors (Lipinski definition) is 2. The van der Waals surface area contributed by atoms with E-state index in [1.807, 2.05) is 6.92 Å². The summed E-state index contributed by atoms with van der Waals surface area (Å²) in [5.74, 6) is -0.677. The van der Waals surface area contributed by atoms with Crippen LogP contribution in [-0.2, 0) is 9.53 Å². The Hall–Kier alpha value is -1.19. The molecule has 0 atom stereocenters. The smallest absolute Gasteiger partial charge is 0.357 e. The van der Waals surface area contributed by atoms with Gasteiger partial charge in [-0.3, -0.25) is 0 Å². The molecule has 4 heteroatoms. The number of carbonyl (C=O) groups is 1. The van der Waals surface area contributed by atoms with Crippen molar-refractivity contribution >= 4 is 5.97 Å². The molecule has 0 aromatic carbocycles. The SMILES string of the molecule is CCCOC(=O)/C(N)=C/O. The van der Waals surface area contributed by atoms with Gasteiger partial charge in [-0.1, -0.05) is 6.92 Å². The van der Waals surface area contributed by atoms with Crippen molar-refractivity contribution in [2.24, 2.45) is 5.73 Å². The van der Waals surface area contributed by atoms with Crippen LogP contribution in [0.25, 0.3) is 0 Å². The molecule has 0 heterocycles. The van der Waals surface area contributed by atoms with E-state index in [0.717, 1.165) is 6.42 Å². The highest BCUT2D eigenvalue weighted by atomic mass is 16.5. The van der Waals surface area contributed by atoms with Crippen LogP contribution in [0.2, 0.25) is 0 Å². The van der Waals surface area contributed by atoms with Crippen molar-refractivity contribution < 1.29 is 14.6 Å². The summed E-state index contributed by atoms with van der Waals surface area (Å²) in [5, 5.41) is 8.22. The van der Waals surface area contributed by atoms with Crippen LogP contribution in [0.15, 0.2) is 12.0 Å². The van der Waals surface area contributed by atoms with Crippen LogP contribution in [0.3, 0.4) is 0 Å². The Morgan fingerprint density at radius 3 is 2.80 bits per heavy atom. The lowest BCUT2D eigenvalue weighted by Gasteiger charge is -1.99. The highest BCUT2D eigenvalue weighted by molar-refractivity contribution is 5.86. The van der Waals surface area contributed by atoms with Crippen molar-refractivity contribution in [3.05, 3.63) is 12.0 Å². The number of hydrogen-bond acceptors (Lipinski definition) is 4. The molecule has 0 aromatic rings. The summed E-state index contributed by atoms with van der Waals surface area (Å²) in [6, 6.07) is 0. The van der Waals surface area contributed by atoms with Crippen molar-refractivity contribution in [1.29, 1.82) is 0 Å². The minimum atomic E-state index is -0.677. The molecular formula is C6H11NO3. The zero-order valence-corrected chi connectivity index (χ0v) is 5.83. The second kappa shape index (κ2) is 4.67. The molecule has 0 saturated carbocycles. The first kappa shape index (κ1) is 8.81. The normalized spacial score (nSPS) is 11.1. The van der Waals surface area contributed by atoms with Gasteiger partial charge in [-0.05, 0) is 6.42 Å². The molecule has 0 aliphatic heterocycles. The van der Waals surface area contributed by atoms with Gasteiger partial charge in [-0.2, -0.15) is 0 Å². The predicted molar refractivity (Wildman–Crippen MR) is 36.1 cm³/mol. The molecule has 0 aliphatic carbocycles. The first-order valence-electron chi connectivity index (χ1n) is 2.99. The molecule has 3 N–H and O–H groups in total. The second-order valence-electron chi connectivity index (χ2n) is 1.72. The molecule has 0 aliphatic rings. The summed E-state index contributed by atoms with van der Waals surface area (Å²) in [6.07, 6.45) is 1.27. The molecule has 10 heavy (non-hydrogen) atoms. The minimum absolute atomic E-state index is 0.270. The molecule has 0 aromatic heterocycles. The largest absolute Gasteiger partial charge is 0.513 e. The van der Waals surface area contributed by atoms with E-state index in [0.29, 0.717) is 12.9 Å². The molecule has 0 fully saturated rings. The molecular weight excluding hydrogens is 134 g/mol. The summed E-state index contributed by atoms with van der Waals surface area (Å²) < 4.78 is 4.55. The molecule has 4 nitrogen and oxygen atoms in total. The number of rotatable bonds is 3. The summed E-state index contributed by atoms with van der Waals surface area (Å²) in [4.78, 5) is 10.6. The van der Waals surface area contributed by atoms with Gasteiger partial charge in [0.1, 0.15) is 6.26 Å². The Labute approximate surface area is 59.3 Å². The fraction of sp³-hybridized carbons (Fsp3) is 0.500. The van der Waals surface area contributed by atoms with E-state index in [9.17, 15) is 4.79 Å². The fourth-order valence-corrected chi connectivity index (χ4v) is 0.331. The van der Waals surface area contributed by atoms with Crippen molar-refractivity contribution in [3.63, 3.8) is 0 Å². The van der Waals surface area contributed by atoms with Gasteiger partial charge in [-0.15, -0.1) is 0 Å². The monoisotopic (exact) mass is 145 g/mol. The first-order valence-corrected chi connectivity index (χ1v) is 2.99. The highest BCUT2D eigenvalue weighted by Crippen LogP contribution is 1.88. The van der Waals surface area contributed by atoms with Crippen LogP contribution < -0.4 is 5.73 Å². The number of carbonyl (C=O) groups excluding carboxylic acids is 1. The van der Waals surface area contributed by atoms with E-state index >= 15 is 0 Å². The van der Waals surface area contributed by atoms with Gasteiger partial charge in [0.25, 0.3) is 0 Å². The fourth-order valence-electron chi connectivity index (χ4n) is 0.331. The maximum absolute atomic E-state index is 10.6. The van der Waals surface area contributed by atoms with E-state index in [1.54, 1.807) is 0 Å². The maximum atomic E-state index is 10.6. The van der Waals surface area contributed by atoms with E-state index in [-0.39, 0.29) is 5.70 Å². The lowest BCUT2D eigenvalue weighted by molar-refractivity contribution is -0.139. The van der Waals surface area contributed by atoms with Crippen molar-refractivity contribution in [3.8, 4) is 0 Å². The van der Waals surface area contributed by atoms with Crippen molar-refractivity contribution in [2.75, 3.05) is 6.61 Å². The lowest BCUT2D eigenvalue weighted by atomic mass is 10.5. The quantitative estimate of drug-likeness (QED) is 0.340. The Balaban J connectivity index is 3.63. The van der Waals surface area contributed by atoms with Gasteiger partial charge in [0.15, 0.2) is 5.70 Å². The lowest BCUT2D eigenvalue weighted by Crippen LogP contribution is -2.15. The van der Waals surface area contributed by atoms with Crippen LogP contribution in [-0.4, -0.2) is 17.7 Å². The highest BCUT2D eigenvalue weighted by Gasteiger charge is 2.04. The number of aliphatic hydroxyl groups is 1. The molecule has 0 spiro atoms. The van der Waals surface area contributed by atoms with Crippen molar-refractivity contribution in [1.82, 2.24) is 0 Å². The Morgan fingerprint density at radius 2 is 2.40 bits per heavy atom. The Morgan fingerprint density at radius 1 is 1.80 bits per heavy atom.